The number of carbonyl (C=O) groups is 1. The summed E-state index contributed by atoms with van der Waals surface area (Å²) < 4.78 is 5.57. The highest BCUT2D eigenvalue weighted by Gasteiger charge is 2.05. The highest BCUT2D eigenvalue weighted by atomic mass is 32.1. The van der Waals surface area contributed by atoms with Gasteiger partial charge in [-0.2, -0.15) is 0 Å². The van der Waals surface area contributed by atoms with Crippen LogP contribution < -0.4 is 4.74 Å². The van der Waals surface area contributed by atoms with Crippen LogP contribution in [0.5, 0.6) is 11.5 Å². The molecule has 0 aliphatic heterocycles. The summed E-state index contributed by atoms with van der Waals surface area (Å²) >= 11 is 1.33. The summed E-state index contributed by atoms with van der Waals surface area (Å²) in [5.41, 5.74) is 0.723. The molecule has 1 aromatic carbocycles. The Morgan fingerprint density at radius 2 is 2.19 bits per heavy atom. The van der Waals surface area contributed by atoms with Gasteiger partial charge in [-0.3, -0.25) is 4.79 Å². The maximum atomic E-state index is 10.5. The summed E-state index contributed by atoms with van der Waals surface area (Å²) in [4.78, 5) is 11.1. The number of thiophene rings is 1. The van der Waals surface area contributed by atoms with Gasteiger partial charge in [-0.05, 0) is 6.07 Å². The zero-order valence-corrected chi connectivity index (χ0v) is 9.24. The van der Waals surface area contributed by atoms with E-state index in [1.54, 1.807) is 23.6 Å². The Bertz CT molecular complexity index is 491. The van der Waals surface area contributed by atoms with E-state index in [-0.39, 0.29) is 6.61 Å². The summed E-state index contributed by atoms with van der Waals surface area (Å²) in [7, 11) is 0. The van der Waals surface area contributed by atoms with E-state index >= 15 is 0 Å². The van der Waals surface area contributed by atoms with Gasteiger partial charge < -0.3 is 9.84 Å². The summed E-state index contributed by atoms with van der Waals surface area (Å²) in [6.07, 6.45) is 0.787. The number of hydrogen-bond donors (Lipinski definition) is 1. The molecule has 4 heteroatoms. The molecule has 0 spiro atoms. The van der Waals surface area contributed by atoms with E-state index in [1.807, 2.05) is 12.1 Å². The molecule has 3 nitrogen and oxygen atoms in total. The van der Waals surface area contributed by atoms with Crippen LogP contribution >= 0.6 is 11.3 Å². The largest absolute Gasteiger partial charge is 0.456 e. The standard InChI is InChI=1S/C12H10O3S/c13-6-9-3-1-2-4-12(9)15-10-5-11(7-14)16-8-10/h1-5,7-8,13H,6H2. The fourth-order valence-electron chi connectivity index (χ4n) is 1.31. The highest BCUT2D eigenvalue weighted by molar-refractivity contribution is 7.11. The smallest absolute Gasteiger partial charge is 0.160 e. The van der Waals surface area contributed by atoms with Crippen molar-refractivity contribution in [2.24, 2.45) is 0 Å². The van der Waals surface area contributed by atoms with Crippen molar-refractivity contribution in [3.8, 4) is 11.5 Å². The van der Waals surface area contributed by atoms with Gasteiger partial charge in [0.05, 0.1) is 11.5 Å². The molecule has 0 saturated heterocycles. The van der Waals surface area contributed by atoms with E-state index < -0.39 is 0 Å². The molecule has 1 aromatic heterocycles. The molecule has 1 heterocycles. The lowest BCUT2D eigenvalue weighted by Crippen LogP contribution is -1.89. The number of hydrogen-bond acceptors (Lipinski definition) is 4. The monoisotopic (exact) mass is 234 g/mol. The van der Waals surface area contributed by atoms with Crippen LogP contribution in [0.15, 0.2) is 35.7 Å². The van der Waals surface area contributed by atoms with E-state index in [0.29, 0.717) is 16.4 Å². The molecule has 0 bridgehead atoms. The van der Waals surface area contributed by atoms with Crippen molar-refractivity contribution in [2.45, 2.75) is 6.61 Å². The van der Waals surface area contributed by atoms with Gasteiger partial charge in [0.2, 0.25) is 0 Å². The van der Waals surface area contributed by atoms with Crippen molar-refractivity contribution in [1.29, 1.82) is 0 Å². The zero-order valence-electron chi connectivity index (χ0n) is 8.42. The SMILES string of the molecule is O=Cc1cc(Oc2ccccc2CO)cs1. The molecule has 0 fully saturated rings. The minimum absolute atomic E-state index is 0.0686. The van der Waals surface area contributed by atoms with Gasteiger partial charge in [0.15, 0.2) is 6.29 Å². The lowest BCUT2D eigenvalue weighted by molar-refractivity contribution is 0.112. The van der Waals surface area contributed by atoms with Crippen molar-refractivity contribution >= 4 is 17.6 Å². The van der Waals surface area contributed by atoms with E-state index in [4.69, 9.17) is 9.84 Å². The minimum atomic E-state index is -0.0686. The average molecular weight is 234 g/mol. The normalized spacial score (nSPS) is 10.1. The zero-order chi connectivity index (χ0) is 11.4. The van der Waals surface area contributed by atoms with Gasteiger partial charge in [-0.25, -0.2) is 0 Å². The van der Waals surface area contributed by atoms with E-state index in [0.717, 1.165) is 11.8 Å². The molecule has 2 rings (SSSR count). The molecule has 0 radical (unpaired) electrons. The molecule has 0 atom stereocenters. The van der Waals surface area contributed by atoms with Crippen LogP contribution in [0.1, 0.15) is 15.2 Å². The van der Waals surface area contributed by atoms with E-state index in [2.05, 4.69) is 0 Å². The number of benzene rings is 1. The third-order valence-corrected chi connectivity index (χ3v) is 2.92. The van der Waals surface area contributed by atoms with Gasteiger partial charge >= 0.3 is 0 Å². The molecule has 82 valence electrons. The number of aliphatic hydroxyl groups is 1. The topological polar surface area (TPSA) is 46.5 Å². The molecular formula is C12H10O3S. The predicted molar refractivity (Wildman–Crippen MR) is 62.1 cm³/mol. The number of para-hydroxylation sites is 1. The maximum absolute atomic E-state index is 10.5. The van der Waals surface area contributed by atoms with Crippen LogP contribution in [0.2, 0.25) is 0 Å². The Hall–Kier alpha value is -1.65. The quantitative estimate of drug-likeness (QED) is 0.827. The first kappa shape index (κ1) is 10.9. The molecule has 16 heavy (non-hydrogen) atoms. The molecular weight excluding hydrogens is 224 g/mol. The van der Waals surface area contributed by atoms with Crippen LogP contribution in [-0.2, 0) is 6.61 Å². The lowest BCUT2D eigenvalue weighted by Gasteiger charge is -2.07. The van der Waals surface area contributed by atoms with Gasteiger partial charge in [0.1, 0.15) is 11.5 Å². The van der Waals surface area contributed by atoms with Crippen LogP contribution in [0.25, 0.3) is 0 Å². The molecule has 2 aromatic rings. The molecule has 0 aliphatic rings. The van der Waals surface area contributed by atoms with Gasteiger partial charge in [0.25, 0.3) is 0 Å². The second-order valence-corrected chi connectivity index (χ2v) is 4.11. The van der Waals surface area contributed by atoms with E-state index in [1.165, 1.54) is 11.3 Å². The summed E-state index contributed by atoms with van der Waals surface area (Å²) in [5.74, 6) is 1.23. The van der Waals surface area contributed by atoms with Crippen molar-refractivity contribution in [1.82, 2.24) is 0 Å². The summed E-state index contributed by atoms with van der Waals surface area (Å²) in [5, 5.41) is 10.9. The Morgan fingerprint density at radius 3 is 2.88 bits per heavy atom. The molecule has 0 saturated carbocycles. The average Bonchev–Trinajstić information content (AvgIpc) is 2.77. The fraction of sp³-hybridized carbons (Fsp3) is 0.0833. The number of aldehydes is 1. The Morgan fingerprint density at radius 1 is 1.38 bits per heavy atom. The van der Waals surface area contributed by atoms with E-state index in [9.17, 15) is 4.79 Å². The Labute approximate surface area is 96.9 Å². The maximum Gasteiger partial charge on any atom is 0.160 e. The number of carbonyl (C=O) groups excluding carboxylic acids is 1. The molecule has 0 aliphatic carbocycles. The van der Waals surface area contributed by atoms with Gasteiger partial charge in [-0.1, -0.05) is 18.2 Å². The number of aliphatic hydroxyl groups excluding tert-OH is 1. The molecule has 1 N–H and O–H groups in total. The Kier molecular flexibility index (Phi) is 3.34. The first-order valence-electron chi connectivity index (χ1n) is 4.74. The minimum Gasteiger partial charge on any atom is -0.456 e. The van der Waals surface area contributed by atoms with Crippen molar-refractivity contribution < 1.29 is 14.6 Å². The van der Waals surface area contributed by atoms with Crippen molar-refractivity contribution in [3.63, 3.8) is 0 Å². The second kappa shape index (κ2) is 4.92. The van der Waals surface area contributed by atoms with Gasteiger partial charge in [-0.15, -0.1) is 11.3 Å². The van der Waals surface area contributed by atoms with Crippen LogP contribution in [0.4, 0.5) is 0 Å². The second-order valence-electron chi connectivity index (χ2n) is 3.17. The first-order chi connectivity index (χ1) is 7.83. The molecule has 0 unspecified atom stereocenters. The fourth-order valence-corrected chi connectivity index (χ4v) is 1.92. The lowest BCUT2D eigenvalue weighted by atomic mass is 10.2. The third-order valence-electron chi connectivity index (χ3n) is 2.08. The van der Waals surface area contributed by atoms with Gasteiger partial charge in [0, 0.05) is 17.0 Å². The number of ether oxygens (including phenoxy) is 1. The van der Waals surface area contributed by atoms with Crippen LogP contribution in [-0.4, -0.2) is 11.4 Å². The molecule has 0 amide bonds. The summed E-state index contributed by atoms with van der Waals surface area (Å²) in [6, 6.07) is 8.92. The number of rotatable bonds is 4. The third kappa shape index (κ3) is 2.29. The Balaban J connectivity index is 2.22. The van der Waals surface area contributed by atoms with Crippen LogP contribution in [0, 0.1) is 0 Å². The van der Waals surface area contributed by atoms with Crippen LogP contribution in [0.3, 0.4) is 0 Å². The highest BCUT2D eigenvalue weighted by Crippen LogP contribution is 2.28. The first-order valence-corrected chi connectivity index (χ1v) is 5.62. The summed E-state index contributed by atoms with van der Waals surface area (Å²) in [6.45, 7) is -0.0686. The predicted octanol–water partition coefficient (Wildman–Crippen LogP) is 2.85. The van der Waals surface area contributed by atoms with Crippen molar-refractivity contribution in [2.75, 3.05) is 0 Å². The van der Waals surface area contributed by atoms with Crippen molar-refractivity contribution in [3.05, 3.63) is 46.2 Å².